The molecule has 9 nitrogen and oxygen atoms in total. The number of anilines is 3. The van der Waals surface area contributed by atoms with Crippen LogP contribution in [0.1, 0.15) is 36.8 Å². The van der Waals surface area contributed by atoms with Crippen molar-refractivity contribution in [3.8, 4) is 0 Å². The molecule has 1 aliphatic heterocycles. The normalized spacial score (nSPS) is 16.1. The number of aromatic nitrogens is 5. The molecular weight excluding hydrogens is 448 g/mol. The molecular formula is C21H25ClN8OS. The Labute approximate surface area is 195 Å². The van der Waals surface area contributed by atoms with Crippen LogP contribution in [0.3, 0.4) is 0 Å². The maximum Gasteiger partial charge on any atom is 0.231 e. The SMILES string of the molecule is CCc1nccnc1CNc1nc(C)c(Cl)c(N2CCCC(C(=O)Nc3nccs3)C2)n1. The van der Waals surface area contributed by atoms with Gasteiger partial charge in [0.25, 0.3) is 0 Å². The summed E-state index contributed by atoms with van der Waals surface area (Å²) in [5.41, 5.74) is 2.49. The summed E-state index contributed by atoms with van der Waals surface area (Å²) < 4.78 is 0. The van der Waals surface area contributed by atoms with Crippen LogP contribution in [0, 0.1) is 12.8 Å². The molecule has 1 amide bonds. The summed E-state index contributed by atoms with van der Waals surface area (Å²) in [5, 5.41) is 9.11. The fourth-order valence-electron chi connectivity index (χ4n) is 3.71. The molecule has 1 unspecified atom stereocenters. The number of aryl methyl sites for hydroxylation is 2. The van der Waals surface area contributed by atoms with Gasteiger partial charge in [-0.3, -0.25) is 14.8 Å². The lowest BCUT2D eigenvalue weighted by atomic mass is 9.97. The molecule has 0 saturated carbocycles. The van der Waals surface area contributed by atoms with Gasteiger partial charge in [-0.15, -0.1) is 11.3 Å². The highest BCUT2D eigenvalue weighted by molar-refractivity contribution is 7.13. The highest BCUT2D eigenvalue weighted by atomic mass is 35.5. The van der Waals surface area contributed by atoms with E-state index < -0.39 is 0 Å². The van der Waals surface area contributed by atoms with E-state index >= 15 is 0 Å². The Morgan fingerprint density at radius 2 is 2.03 bits per heavy atom. The molecule has 11 heteroatoms. The highest BCUT2D eigenvalue weighted by Gasteiger charge is 2.29. The molecule has 3 aromatic heterocycles. The van der Waals surface area contributed by atoms with E-state index in [0.717, 1.165) is 37.2 Å². The lowest BCUT2D eigenvalue weighted by Gasteiger charge is -2.33. The Kier molecular flexibility index (Phi) is 7.11. The maximum absolute atomic E-state index is 12.7. The molecule has 2 N–H and O–H groups in total. The number of carbonyl (C=O) groups is 1. The first-order valence-electron chi connectivity index (χ1n) is 10.6. The first-order valence-corrected chi connectivity index (χ1v) is 11.8. The van der Waals surface area contributed by atoms with Crippen LogP contribution in [0.2, 0.25) is 5.02 Å². The molecule has 0 bridgehead atoms. The Morgan fingerprint density at radius 3 is 2.78 bits per heavy atom. The molecule has 4 rings (SSSR count). The topological polar surface area (TPSA) is 109 Å². The molecule has 4 heterocycles. The van der Waals surface area contributed by atoms with Crippen molar-refractivity contribution >= 4 is 45.7 Å². The number of hydrogen-bond donors (Lipinski definition) is 2. The van der Waals surface area contributed by atoms with Crippen molar-refractivity contribution in [2.45, 2.75) is 39.7 Å². The number of halogens is 1. The van der Waals surface area contributed by atoms with E-state index in [1.54, 1.807) is 18.6 Å². The van der Waals surface area contributed by atoms with Crippen molar-refractivity contribution in [3.05, 3.63) is 46.1 Å². The number of rotatable bonds is 7. The minimum Gasteiger partial charge on any atom is -0.354 e. The number of nitrogens with zero attached hydrogens (tertiary/aromatic N) is 6. The summed E-state index contributed by atoms with van der Waals surface area (Å²) in [6.45, 7) is 5.69. The van der Waals surface area contributed by atoms with Gasteiger partial charge in [0.05, 0.1) is 29.5 Å². The zero-order valence-corrected chi connectivity index (χ0v) is 19.6. The molecule has 1 fully saturated rings. The van der Waals surface area contributed by atoms with Gasteiger partial charge in [0.15, 0.2) is 10.9 Å². The molecule has 0 aromatic carbocycles. The number of carbonyl (C=O) groups excluding carboxylic acids is 1. The molecule has 0 aliphatic carbocycles. The van der Waals surface area contributed by atoms with E-state index in [9.17, 15) is 4.79 Å². The van der Waals surface area contributed by atoms with Gasteiger partial charge in [0, 0.05) is 37.1 Å². The van der Waals surface area contributed by atoms with Crippen LogP contribution < -0.4 is 15.5 Å². The number of piperidine rings is 1. The first-order chi connectivity index (χ1) is 15.5. The molecule has 0 radical (unpaired) electrons. The second-order valence-electron chi connectivity index (χ2n) is 7.54. The Morgan fingerprint density at radius 1 is 1.22 bits per heavy atom. The van der Waals surface area contributed by atoms with E-state index in [-0.39, 0.29) is 11.8 Å². The first kappa shape index (κ1) is 22.3. The van der Waals surface area contributed by atoms with Crippen LogP contribution in [0.5, 0.6) is 0 Å². The predicted molar refractivity (Wildman–Crippen MR) is 126 cm³/mol. The zero-order chi connectivity index (χ0) is 22.5. The summed E-state index contributed by atoms with van der Waals surface area (Å²) >= 11 is 7.99. The van der Waals surface area contributed by atoms with Crippen molar-refractivity contribution in [2.24, 2.45) is 5.92 Å². The van der Waals surface area contributed by atoms with Gasteiger partial charge >= 0.3 is 0 Å². The van der Waals surface area contributed by atoms with Gasteiger partial charge < -0.3 is 15.5 Å². The van der Waals surface area contributed by atoms with Gasteiger partial charge in [-0.25, -0.2) is 9.97 Å². The molecule has 32 heavy (non-hydrogen) atoms. The summed E-state index contributed by atoms with van der Waals surface area (Å²) in [7, 11) is 0. The minimum atomic E-state index is -0.165. The third-order valence-electron chi connectivity index (χ3n) is 5.36. The molecule has 3 aromatic rings. The van der Waals surface area contributed by atoms with Gasteiger partial charge in [0.2, 0.25) is 11.9 Å². The van der Waals surface area contributed by atoms with Crippen LogP contribution in [0.15, 0.2) is 24.0 Å². The van der Waals surface area contributed by atoms with Crippen molar-refractivity contribution in [1.82, 2.24) is 24.9 Å². The smallest absolute Gasteiger partial charge is 0.231 e. The van der Waals surface area contributed by atoms with Gasteiger partial charge in [0.1, 0.15) is 5.02 Å². The van der Waals surface area contributed by atoms with Crippen LogP contribution in [0.25, 0.3) is 0 Å². The third kappa shape index (κ3) is 5.13. The number of nitrogens with one attached hydrogen (secondary N) is 2. The van der Waals surface area contributed by atoms with E-state index in [1.807, 2.05) is 19.2 Å². The second-order valence-corrected chi connectivity index (χ2v) is 8.81. The summed E-state index contributed by atoms with van der Waals surface area (Å²) in [4.78, 5) is 36.9. The van der Waals surface area contributed by atoms with Gasteiger partial charge in [-0.1, -0.05) is 18.5 Å². The van der Waals surface area contributed by atoms with Gasteiger partial charge in [-0.2, -0.15) is 4.98 Å². The predicted octanol–water partition coefficient (Wildman–Crippen LogP) is 3.71. The van der Waals surface area contributed by atoms with Crippen LogP contribution in [-0.2, 0) is 17.8 Å². The molecule has 1 atom stereocenters. The van der Waals surface area contributed by atoms with Crippen LogP contribution in [-0.4, -0.2) is 43.9 Å². The van der Waals surface area contributed by atoms with E-state index in [2.05, 4.69) is 40.5 Å². The van der Waals surface area contributed by atoms with Crippen molar-refractivity contribution in [2.75, 3.05) is 28.6 Å². The standard InChI is InChI=1S/C21H25ClN8OS/c1-3-15-16(24-7-6-23-15)11-26-20-27-13(2)17(22)18(28-20)30-9-4-5-14(12-30)19(31)29-21-25-8-10-32-21/h6-8,10,14H,3-5,9,11-12H2,1-2H3,(H,25,29,31)(H,26,27,28). The summed E-state index contributed by atoms with van der Waals surface area (Å²) in [6, 6.07) is 0. The minimum absolute atomic E-state index is 0.0281. The van der Waals surface area contributed by atoms with E-state index in [1.165, 1.54) is 11.3 Å². The van der Waals surface area contributed by atoms with Crippen LogP contribution >= 0.6 is 22.9 Å². The van der Waals surface area contributed by atoms with Crippen molar-refractivity contribution < 1.29 is 4.79 Å². The highest BCUT2D eigenvalue weighted by Crippen LogP contribution is 2.31. The average molecular weight is 473 g/mol. The quantitative estimate of drug-likeness (QED) is 0.535. The molecule has 0 spiro atoms. The Balaban J connectivity index is 1.48. The van der Waals surface area contributed by atoms with Crippen molar-refractivity contribution in [1.29, 1.82) is 0 Å². The number of hydrogen-bond acceptors (Lipinski definition) is 9. The largest absolute Gasteiger partial charge is 0.354 e. The van der Waals surface area contributed by atoms with E-state index in [4.69, 9.17) is 11.6 Å². The molecule has 1 saturated heterocycles. The maximum atomic E-state index is 12.7. The monoisotopic (exact) mass is 472 g/mol. The number of amides is 1. The van der Waals surface area contributed by atoms with Crippen LogP contribution in [0.4, 0.5) is 16.9 Å². The Bertz CT molecular complexity index is 1080. The van der Waals surface area contributed by atoms with Gasteiger partial charge in [-0.05, 0) is 26.2 Å². The second kappa shape index (κ2) is 10.2. The fraction of sp³-hybridized carbons (Fsp3) is 0.429. The number of thiazole rings is 1. The summed E-state index contributed by atoms with van der Waals surface area (Å²) in [5.74, 6) is 0.925. The average Bonchev–Trinajstić information content (AvgIpc) is 3.33. The Hall–Kier alpha value is -2.85. The zero-order valence-electron chi connectivity index (χ0n) is 18.0. The lowest BCUT2D eigenvalue weighted by molar-refractivity contribution is -0.120. The fourth-order valence-corrected chi connectivity index (χ4v) is 4.45. The molecule has 1 aliphatic rings. The lowest BCUT2D eigenvalue weighted by Crippen LogP contribution is -2.41. The third-order valence-corrected chi connectivity index (χ3v) is 6.49. The van der Waals surface area contributed by atoms with Crippen molar-refractivity contribution in [3.63, 3.8) is 0 Å². The van der Waals surface area contributed by atoms with E-state index in [0.29, 0.717) is 40.7 Å². The molecule has 168 valence electrons. The summed E-state index contributed by atoms with van der Waals surface area (Å²) in [6.07, 6.45) is 7.54.